The number of Topliss-reactive ketones (excluding diaryl/α,β-unsaturated/α-hetero) is 1. The van der Waals surface area contributed by atoms with E-state index in [1.54, 1.807) is 0 Å². The summed E-state index contributed by atoms with van der Waals surface area (Å²) in [7, 11) is 0. The fourth-order valence-electron chi connectivity index (χ4n) is 1.02. The first kappa shape index (κ1) is 16.3. The van der Waals surface area contributed by atoms with Gasteiger partial charge in [-0.15, -0.1) is 10.1 Å². The number of nitrogens with zero attached hydrogens (tertiary/aromatic N) is 1. The molecule has 0 aromatic heterocycles. The van der Waals surface area contributed by atoms with Gasteiger partial charge >= 0.3 is 5.97 Å². The molecular formula is C11H19NO6. The van der Waals surface area contributed by atoms with Crippen LogP contribution in [-0.4, -0.2) is 30.1 Å². The van der Waals surface area contributed by atoms with E-state index >= 15 is 0 Å². The van der Waals surface area contributed by atoms with Gasteiger partial charge in [-0.05, 0) is 11.8 Å². The van der Waals surface area contributed by atoms with Crippen molar-refractivity contribution in [1.82, 2.24) is 0 Å². The highest BCUT2D eigenvalue weighted by Gasteiger charge is 2.14. The minimum absolute atomic E-state index is 0.0548. The Morgan fingerprint density at radius 2 is 1.83 bits per heavy atom. The highest BCUT2D eigenvalue weighted by atomic mass is 16.9. The number of carbonyl (C=O) groups is 2. The molecule has 0 N–H and O–H groups in total. The molecule has 0 spiro atoms. The van der Waals surface area contributed by atoms with E-state index in [0.717, 1.165) is 0 Å². The van der Waals surface area contributed by atoms with Gasteiger partial charge in [-0.1, -0.05) is 20.8 Å². The largest absolute Gasteiger partial charge is 0.458 e. The second-order valence-corrected chi connectivity index (χ2v) is 5.07. The fourth-order valence-corrected chi connectivity index (χ4v) is 1.02. The van der Waals surface area contributed by atoms with Crippen molar-refractivity contribution in [3.8, 4) is 0 Å². The van der Waals surface area contributed by atoms with E-state index in [1.165, 1.54) is 0 Å². The van der Waals surface area contributed by atoms with Gasteiger partial charge in [0.05, 0.1) is 6.42 Å². The summed E-state index contributed by atoms with van der Waals surface area (Å²) in [5.41, 5.74) is 0.0548. The van der Waals surface area contributed by atoms with Crippen LogP contribution >= 0.6 is 0 Å². The average molecular weight is 261 g/mol. The normalized spacial score (nSPS) is 10.8. The van der Waals surface area contributed by atoms with E-state index in [2.05, 4.69) is 9.57 Å². The number of hydrogen-bond donors (Lipinski definition) is 0. The van der Waals surface area contributed by atoms with E-state index in [-0.39, 0.29) is 30.8 Å². The van der Waals surface area contributed by atoms with Crippen LogP contribution in [0.2, 0.25) is 0 Å². The van der Waals surface area contributed by atoms with Crippen molar-refractivity contribution >= 4 is 11.8 Å². The van der Waals surface area contributed by atoms with Gasteiger partial charge < -0.3 is 9.57 Å². The molecule has 0 aromatic carbocycles. The van der Waals surface area contributed by atoms with Crippen molar-refractivity contribution in [2.24, 2.45) is 5.41 Å². The number of carbonyl (C=O) groups excluding carboxylic acids is 2. The molecule has 0 aromatic rings. The molecule has 0 unspecified atom stereocenters. The number of esters is 1. The lowest BCUT2D eigenvalue weighted by Gasteiger charge is -2.16. The van der Waals surface area contributed by atoms with Gasteiger partial charge in [0.2, 0.25) is 0 Å². The summed E-state index contributed by atoms with van der Waals surface area (Å²) in [6.45, 7) is 5.40. The van der Waals surface area contributed by atoms with Crippen LogP contribution in [0.15, 0.2) is 0 Å². The molecule has 0 aliphatic carbocycles. The number of hydrogen-bond acceptors (Lipinski definition) is 6. The molecule has 0 aliphatic rings. The van der Waals surface area contributed by atoms with Gasteiger partial charge in [-0.3, -0.25) is 9.59 Å². The molecule has 0 amide bonds. The molecule has 0 saturated carbocycles. The van der Waals surface area contributed by atoms with Gasteiger partial charge in [-0.25, -0.2) is 0 Å². The van der Waals surface area contributed by atoms with E-state index in [9.17, 15) is 19.7 Å². The zero-order valence-corrected chi connectivity index (χ0v) is 10.9. The Kier molecular flexibility index (Phi) is 6.92. The average Bonchev–Trinajstić information content (AvgIpc) is 2.22. The van der Waals surface area contributed by atoms with Crippen molar-refractivity contribution in [3.05, 3.63) is 10.1 Å². The van der Waals surface area contributed by atoms with Gasteiger partial charge in [0.1, 0.15) is 13.2 Å². The molecule has 0 aliphatic heterocycles. The molecule has 0 atom stereocenters. The molecule has 7 nitrogen and oxygen atoms in total. The van der Waals surface area contributed by atoms with Crippen molar-refractivity contribution < 1.29 is 24.3 Å². The van der Waals surface area contributed by atoms with Gasteiger partial charge in [-0.2, -0.15) is 0 Å². The second kappa shape index (κ2) is 7.62. The zero-order valence-electron chi connectivity index (χ0n) is 10.9. The monoisotopic (exact) mass is 261 g/mol. The fraction of sp³-hybridized carbons (Fsp3) is 0.818. The summed E-state index contributed by atoms with van der Waals surface area (Å²) >= 11 is 0. The predicted octanol–water partition coefficient (Wildman–Crippen LogP) is 1.52. The summed E-state index contributed by atoms with van der Waals surface area (Å²) in [6.07, 6.45) is 0.823. The molecule has 0 saturated heterocycles. The molecule has 0 rings (SSSR count). The number of rotatable bonds is 8. The van der Waals surface area contributed by atoms with Crippen molar-refractivity contribution in [2.45, 2.75) is 40.0 Å². The van der Waals surface area contributed by atoms with E-state index < -0.39 is 11.1 Å². The topological polar surface area (TPSA) is 95.7 Å². The highest BCUT2D eigenvalue weighted by Crippen LogP contribution is 2.20. The Morgan fingerprint density at radius 3 is 2.33 bits per heavy atom. The van der Waals surface area contributed by atoms with Gasteiger partial charge in [0, 0.05) is 6.42 Å². The van der Waals surface area contributed by atoms with Crippen LogP contribution in [0, 0.1) is 15.5 Å². The maximum Gasteiger partial charge on any atom is 0.308 e. The lowest BCUT2D eigenvalue weighted by molar-refractivity contribution is -0.757. The Hall–Kier alpha value is -1.66. The molecule has 0 radical (unpaired) electrons. The summed E-state index contributed by atoms with van der Waals surface area (Å²) < 4.78 is 4.66. The smallest absolute Gasteiger partial charge is 0.308 e. The maximum atomic E-state index is 11.4. The van der Waals surface area contributed by atoms with Crippen LogP contribution in [0.5, 0.6) is 0 Å². The van der Waals surface area contributed by atoms with Crippen molar-refractivity contribution in [2.75, 3.05) is 13.2 Å². The van der Waals surface area contributed by atoms with Crippen LogP contribution in [0.3, 0.4) is 0 Å². The Labute approximate surface area is 106 Å². The lowest BCUT2D eigenvalue weighted by Crippen LogP contribution is -2.17. The minimum atomic E-state index is -0.984. The molecule has 0 heterocycles. The first-order valence-electron chi connectivity index (χ1n) is 5.65. The third-order valence-corrected chi connectivity index (χ3v) is 2.05. The first-order valence-corrected chi connectivity index (χ1v) is 5.65. The zero-order chi connectivity index (χ0) is 14.2. The summed E-state index contributed by atoms with van der Waals surface area (Å²) in [5.74, 6) is -0.838. The first-order chi connectivity index (χ1) is 8.20. The maximum absolute atomic E-state index is 11.4. The van der Waals surface area contributed by atoms with Crippen molar-refractivity contribution in [3.63, 3.8) is 0 Å². The molecule has 18 heavy (non-hydrogen) atoms. The van der Waals surface area contributed by atoms with Crippen LogP contribution in [0.25, 0.3) is 0 Å². The Morgan fingerprint density at radius 1 is 1.22 bits per heavy atom. The summed E-state index contributed by atoms with van der Waals surface area (Å²) in [4.78, 5) is 36.2. The number of ketones is 1. The third kappa shape index (κ3) is 10.8. The van der Waals surface area contributed by atoms with Gasteiger partial charge in [0.25, 0.3) is 5.09 Å². The Bertz CT molecular complexity index is 307. The third-order valence-electron chi connectivity index (χ3n) is 2.05. The van der Waals surface area contributed by atoms with Crippen molar-refractivity contribution in [1.29, 1.82) is 0 Å². The second-order valence-electron chi connectivity index (χ2n) is 5.07. The van der Waals surface area contributed by atoms with E-state index in [4.69, 9.17) is 0 Å². The lowest BCUT2D eigenvalue weighted by atomic mass is 9.90. The molecule has 7 heteroatoms. The van der Waals surface area contributed by atoms with Crippen LogP contribution in [0.1, 0.15) is 40.0 Å². The van der Waals surface area contributed by atoms with Crippen LogP contribution < -0.4 is 0 Å². The quantitative estimate of drug-likeness (QED) is 0.373. The number of ether oxygens (including phenoxy) is 1. The van der Waals surface area contributed by atoms with E-state index in [1.807, 2.05) is 20.8 Å². The Balaban J connectivity index is 3.66. The highest BCUT2D eigenvalue weighted by molar-refractivity contribution is 5.82. The predicted molar refractivity (Wildman–Crippen MR) is 62.2 cm³/mol. The summed E-state index contributed by atoms with van der Waals surface area (Å²) in [5, 5.41) is 8.82. The molecular weight excluding hydrogens is 242 g/mol. The van der Waals surface area contributed by atoms with Crippen LogP contribution in [-0.2, 0) is 19.2 Å². The summed E-state index contributed by atoms with van der Waals surface area (Å²) in [6, 6.07) is 0. The van der Waals surface area contributed by atoms with E-state index in [0.29, 0.717) is 12.8 Å². The standard InChI is InChI=1S/C11H19NO6/c1-11(2,3)6-4-9(13)8-17-10(14)5-7-18-12(15)16/h4-8H2,1-3H3. The molecule has 0 bridgehead atoms. The minimum Gasteiger partial charge on any atom is -0.458 e. The molecule has 0 fully saturated rings. The molecule has 104 valence electrons. The van der Waals surface area contributed by atoms with Gasteiger partial charge in [0.15, 0.2) is 5.78 Å². The SMILES string of the molecule is CC(C)(C)CCC(=O)COC(=O)CCO[N+](=O)[O-]. The van der Waals surface area contributed by atoms with Crippen LogP contribution in [0.4, 0.5) is 0 Å².